The molecule has 2 aromatic rings. The zero-order chi connectivity index (χ0) is 17.8. The minimum absolute atomic E-state index is 0.0651. The van der Waals surface area contributed by atoms with Crippen molar-refractivity contribution < 1.29 is 14.3 Å². The summed E-state index contributed by atoms with van der Waals surface area (Å²) < 4.78 is 5.28. The lowest BCUT2D eigenvalue weighted by Gasteiger charge is -2.12. The Kier molecular flexibility index (Phi) is 5.09. The second kappa shape index (κ2) is 7.44. The third-order valence-corrected chi connectivity index (χ3v) is 4.06. The van der Waals surface area contributed by atoms with Gasteiger partial charge >= 0.3 is 0 Å². The molecule has 0 bridgehead atoms. The maximum Gasteiger partial charge on any atom is 0.271 e. The van der Waals surface area contributed by atoms with E-state index in [1.165, 1.54) is 4.90 Å². The Morgan fingerprint density at radius 2 is 2.00 bits per heavy atom. The van der Waals surface area contributed by atoms with Crippen molar-refractivity contribution >= 4 is 11.8 Å². The van der Waals surface area contributed by atoms with Gasteiger partial charge in [0.2, 0.25) is 0 Å². The van der Waals surface area contributed by atoms with Crippen LogP contribution >= 0.6 is 0 Å². The molecule has 1 N–H and O–H groups in total. The summed E-state index contributed by atoms with van der Waals surface area (Å²) in [5, 5.41) is 2.97. The highest BCUT2D eigenvalue weighted by atomic mass is 16.5. The topological polar surface area (TPSA) is 71.5 Å². The first kappa shape index (κ1) is 17.1. The third kappa shape index (κ3) is 4.03. The number of rotatable bonds is 4. The predicted molar refractivity (Wildman–Crippen MR) is 94.4 cm³/mol. The number of pyridine rings is 1. The molecule has 1 aromatic heterocycles. The van der Waals surface area contributed by atoms with Crippen molar-refractivity contribution in [3.05, 3.63) is 53.7 Å². The van der Waals surface area contributed by atoms with Gasteiger partial charge in [-0.25, -0.2) is 4.98 Å². The Hall–Kier alpha value is -2.73. The molecule has 1 saturated heterocycles. The van der Waals surface area contributed by atoms with Gasteiger partial charge in [-0.2, -0.15) is 0 Å². The van der Waals surface area contributed by atoms with Gasteiger partial charge in [0.1, 0.15) is 5.69 Å². The summed E-state index contributed by atoms with van der Waals surface area (Å²) in [7, 11) is 3.38. The smallest absolute Gasteiger partial charge is 0.271 e. The van der Waals surface area contributed by atoms with Gasteiger partial charge < -0.3 is 15.0 Å². The average Bonchev–Trinajstić information content (AvgIpc) is 3.14. The average molecular weight is 339 g/mol. The zero-order valence-electron chi connectivity index (χ0n) is 14.4. The molecule has 0 unspecified atom stereocenters. The van der Waals surface area contributed by atoms with Crippen LogP contribution in [-0.4, -0.2) is 55.0 Å². The molecule has 2 amide bonds. The highest BCUT2D eigenvalue weighted by Crippen LogP contribution is 2.19. The van der Waals surface area contributed by atoms with Crippen LogP contribution in [-0.2, 0) is 4.74 Å². The maximum absolute atomic E-state index is 12.4. The number of nitrogens with zero attached hydrogens (tertiary/aromatic N) is 2. The quantitative estimate of drug-likeness (QED) is 0.924. The van der Waals surface area contributed by atoms with Gasteiger partial charge in [-0.1, -0.05) is 18.2 Å². The number of amides is 2. The fourth-order valence-electron chi connectivity index (χ4n) is 2.68. The Labute approximate surface area is 146 Å². The fraction of sp³-hybridized carbons (Fsp3) is 0.316. The first-order valence-corrected chi connectivity index (χ1v) is 8.22. The Morgan fingerprint density at radius 3 is 2.72 bits per heavy atom. The van der Waals surface area contributed by atoms with Crippen LogP contribution in [0.2, 0.25) is 0 Å². The number of carbonyl (C=O) groups excluding carboxylic acids is 2. The zero-order valence-corrected chi connectivity index (χ0v) is 14.4. The first-order chi connectivity index (χ1) is 12.0. The molecule has 0 aliphatic carbocycles. The van der Waals surface area contributed by atoms with Crippen molar-refractivity contribution in [1.82, 2.24) is 15.2 Å². The third-order valence-electron chi connectivity index (χ3n) is 4.06. The Balaban J connectivity index is 1.82. The van der Waals surface area contributed by atoms with Crippen LogP contribution in [0.25, 0.3) is 11.3 Å². The van der Waals surface area contributed by atoms with Crippen LogP contribution in [0.4, 0.5) is 0 Å². The monoisotopic (exact) mass is 339 g/mol. The van der Waals surface area contributed by atoms with Crippen LogP contribution in [0.15, 0.2) is 42.5 Å². The summed E-state index contributed by atoms with van der Waals surface area (Å²) in [6, 6.07) is 12.6. The van der Waals surface area contributed by atoms with Crippen LogP contribution in [0, 0.1) is 0 Å². The van der Waals surface area contributed by atoms with E-state index in [4.69, 9.17) is 4.74 Å². The van der Waals surface area contributed by atoms with Crippen molar-refractivity contribution in [3.63, 3.8) is 0 Å². The highest BCUT2D eigenvalue weighted by molar-refractivity contribution is 5.96. The maximum atomic E-state index is 12.4. The molecule has 1 aliphatic heterocycles. The molecule has 6 nitrogen and oxygen atoms in total. The second-order valence-corrected chi connectivity index (χ2v) is 6.22. The number of nitrogens with one attached hydrogen (secondary N) is 1. The lowest BCUT2D eigenvalue weighted by Crippen LogP contribution is -2.34. The summed E-state index contributed by atoms with van der Waals surface area (Å²) in [5.74, 6) is -0.283. The molecule has 1 fully saturated rings. The highest BCUT2D eigenvalue weighted by Gasteiger charge is 2.19. The first-order valence-electron chi connectivity index (χ1n) is 8.22. The van der Waals surface area contributed by atoms with Crippen molar-refractivity contribution in [2.45, 2.75) is 12.5 Å². The molecular weight excluding hydrogens is 318 g/mol. The van der Waals surface area contributed by atoms with Crippen LogP contribution in [0.3, 0.4) is 0 Å². The molecule has 0 saturated carbocycles. The van der Waals surface area contributed by atoms with Gasteiger partial charge in [0, 0.05) is 31.8 Å². The molecule has 3 rings (SSSR count). The van der Waals surface area contributed by atoms with Gasteiger partial charge in [-0.3, -0.25) is 9.59 Å². The van der Waals surface area contributed by atoms with Gasteiger partial charge in [-0.15, -0.1) is 0 Å². The van der Waals surface area contributed by atoms with Crippen LogP contribution < -0.4 is 5.32 Å². The van der Waals surface area contributed by atoms with E-state index >= 15 is 0 Å². The molecule has 1 aliphatic rings. The molecule has 25 heavy (non-hydrogen) atoms. The van der Waals surface area contributed by atoms with Gasteiger partial charge in [0.05, 0.1) is 18.3 Å². The molecule has 130 valence electrons. The molecule has 6 heteroatoms. The lowest BCUT2D eigenvalue weighted by molar-refractivity contribution is 0.0821. The Bertz CT molecular complexity index is 783. The minimum atomic E-state index is -0.156. The number of benzene rings is 1. The number of hydrogen-bond donors (Lipinski definition) is 1. The number of ether oxygens (including phenoxy) is 1. The minimum Gasteiger partial charge on any atom is -0.379 e. The van der Waals surface area contributed by atoms with E-state index in [2.05, 4.69) is 10.3 Å². The summed E-state index contributed by atoms with van der Waals surface area (Å²) in [5.41, 5.74) is 2.39. The number of carbonyl (C=O) groups is 2. The van der Waals surface area contributed by atoms with Crippen molar-refractivity contribution in [2.24, 2.45) is 0 Å². The second-order valence-electron chi connectivity index (χ2n) is 6.22. The van der Waals surface area contributed by atoms with E-state index in [9.17, 15) is 9.59 Å². The van der Waals surface area contributed by atoms with E-state index in [0.717, 1.165) is 12.0 Å². The molecular formula is C19H21N3O3. The van der Waals surface area contributed by atoms with Crippen LogP contribution in [0.5, 0.6) is 0 Å². The molecule has 0 radical (unpaired) electrons. The summed E-state index contributed by atoms with van der Waals surface area (Å²) >= 11 is 0. The van der Waals surface area contributed by atoms with Gasteiger partial charge in [-0.05, 0) is 30.7 Å². The molecule has 0 spiro atoms. The van der Waals surface area contributed by atoms with E-state index < -0.39 is 0 Å². The normalized spacial score (nSPS) is 16.5. The largest absolute Gasteiger partial charge is 0.379 e. The van der Waals surface area contributed by atoms with Gasteiger partial charge in [0.25, 0.3) is 11.8 Å². The Morgan fingerprint density at radius 1 is 1.20 bits per heavy atom. The lowest BCUT2D eigenvalue weighted by atomic mass is 10.1. The number of hydrogen-bond acceptors (Lipinski definition) is 4. The standard InChI is InChI=1S/C19H21N3O3/c1-22(2)19(24)17-8-4-7-16(21-17)13-5-3-6-14(11-13)18(23)20-15-9-10-25-12-15/h3-8,11,15H,9-10,12H2,1-2H3,(H,20,23)/t15-/m1/s1. The van der Waals surface area contributed by atoms with Crippen molar-refractivity contribution in [2.75, 3.05) is 27.3 Å². The summed E-state index contributed by atoms with van der Waals surface area (Å²) in [4.78, 5) is 30.4. The van der Waals surface area contributed by atoms with Gasteiger partial charge in [0.15, 0.2) is 0 Å². The predicted octanol–water partition coefficient (Wildman–Crippen LogP) is 1.97. The van der Waals surface area contributed by atoms with E-state index in [-0.39, 0.29) is 17.9 Å². The molecule has 1 aromatic carbocycles. The van der Waals surface area contributed by atoms with E-state index in [1.807, 2.05) is 18.2 Å². The summed E-state index contributed by atoms with van der Waals surface area (Å²) in [6.45, 7) is 1.24. The summed E-state index contributed by atoms with van der Waals surface area (Å²) in [6.07, 6.45) is 0.835. The van der Waals surface area contributed by atoms with E-state index in [1.54, 1.807) is 38.4 Å². The van der Waals surface area contributed by atoms with E-state index in [0.29, 0.717) is 30.2 Å². The fourth-order valence-corrected chi connectivity index (χ4v) is 2.68. The molecule has 1 atom stereocenters. The molecule has 2 heterocycles. The number of aromatic nitrogens is 1. The van der Waals surface area contributed by atoms with Crippen LogP contribution in [0.1, 0.15) is 27.3 Å². The van der Waals surface area contributed by atoms with Crippen molar-refractivity contribution in [3.8, 4) is 11.3 Å². The SMILES string of the molecule is CN(C)C(=O)c1cccc(-c2cccc(C(=O)N[C@@H]3CCOC3)c2)n1. The van der Waals surface area contributed by atoms with Crippen molar-refractivity contribution in [1.29, 1.82) is 0 Å².